The Hall–Kier alpha value is -1.89. The minimum absolute atomic E-state index is 0.236. The van der Waals surface area contributed by atoms with E-state index in [1.165, 1.54) is 11.6 Å². The molecule has 1 unspecified atom stereocenters. The fourth-order valence-corrected chi connectivity index (χ4v) is 2.52. The van der Waals surface area contributed by atoms with Crippen LogP contribution >= 0.6 is 0 Å². The highest BCUT2D eigenvalue weighted by molar-refractivity contribution is 5.70. The van der Waals surface area contributed by atoms with Crippen LogP contribution in [0.3, 0.4) is 0 Å². The van der Waals surface area contributed by atoms with Gasteiger partial charge in [-0.3, -0.25) is 13.9 Å². The lowest BCUT2D eigenvalue weighted by Gasteiger charge is -2.11. The summed E-state index contributed by atoms with van der Waals surface area (Å²) in [7, 11) is 3.13. The number of imidazole rings is 1. The summed E-state index contributed by atoms with van der Waals surface area (Å²) in [6.07, 6.45) is 2.63. The maximum Gasteiger partial charge on any atom is 0.332 e. The molecule has 3 heterocycles. The van der Waals surface area contributed by atoms with Crippen molar-refractivity contribution in [2.24, 2.45) is 14.1 Å². The van der Waals surface area contributed by atoms with Crippen LogP contribution in [0.4, 0.5) is 0 Å². The summed E-state index contributed by atoms with van der Waals surface area (Å²) in [4.78, 5) is 28.2. The lowest BCUT2D eigenvalue weighted by atomic mass is 10.2. The largest absolute Gasteiger partial charge is 0.332 e. The van der Waals surface area contributed by atoms with Gasteiger partial charge in [-0.05, 0) is 13.0 Å². The van der Waals surface area contributed by atoms with Crippen LogP contribution < -0.4 is 16.6 Å². The molecule has 7 nitrogen and oxygen atoms in total. The first kappa shape index (κ1) is 11.2. The second kappa shape index (κ2) is 3.81. The Morgan fingerprint density at radius 3 is 2.78 bits per heavy atom. The van der Waals surface area contributed by atoms with Crippen LogP contribution in [0.15, 0.2) is 15.9 Å². The van der Waals surface area contributed by atoms with Crippen molar-refractivity contribution in [3.8, 4) is 0 Å². The summed E-state index contributed by atoms with van der Waals surface area (Å²) in [5.74, 6) is 0. The predicted octanol–water partition coefficient (Wildman–Crippen LogP) is -1.03. The van der Waals surface area contributed by atoms with Gasteiger partial charge in [0.2, 0.25) is 0 Å². The molecule has 7 heteroatoms. The van der Waals surface area contributed by atoms with Crippen LogP contribution in [0.5, 0.6) is 0 Å². The molecular weight excluding hydrogens is 234 g/mol. The van der Waals surface area contributed by atoms with Gasteiger partial charge in [-0.15, -0.1) is 0 Å². The molecule has 1 N–H and O–H groups in total. The Morgan fingerprint density at radius 1 is 1.33 bits per heavy atom. The number of aryl methyl sites for hydroxylation is 1. The first-order chi connectivity index (χ1) is 8.61. The summed E-state index contributed by atoms with van der Waals surface area (Å²) in [5.41, 5.74) is 0.336. The van der Waals surface area contributed by atoms with E-state index in [0.29, 0.717) is 11.2 Å². The summed E-state index contributed by atoms with van der Waals surface area (Å²) in [6.45, 7) is 1.77. The van der Waals surface area contributed by atoms with Gasteiger partial charge in [0.1, 0.15) is 0 Å². The molecule has 2 aromatic rings. The summed E-state index contributed by atoms with van der Waals surface area (Å²) < 4.78 is 4.43. The molecule has 0 radical (unpaired) electrons. The molecule has 96 valence electrons. The van der Waals surface area contributed by atoms with Crippen LogP contribution in [-0.2, 0) is 14.1 Å². The second-order valence-electron chi connectivity index (χ2n) is 4.68. The molecule has 3 rings (SSSR count). The van der Waals surface area contributed by atoms with E-state index in [1.807, 2.05) is 4.57 Å². The van der Waals surface area contributed by atoms with Gasteiger partial charge in [0, 0.05) is 26.7 Å². The molecule has 1 aliphatic rings. The number of nitrogens with one attached hydrogen (secondary N) is 1. The minimum atomic E-state index is -0.345. The number of aromatic nitrogens is 4. The average Bonchev–Trinajstić information content (AvgIpc) is 3.01. The minimum Gasteiger partial charge on any atom is -0.320 e. The van der Waals surface area contributed by atoms with Crippen molar-refractivity contribution in [2.45, 2.75) is 12.5 Å². The Kier molecular flexibility index (Phi) is 2.37. The monoisotopic (exact) mass is 249 g/mol. The van der Waals surface area contributed by atoms with E-state index in [-0.39, 0.29) is 17.3 Å². The van der Waals surface area contributed by atoms with Crippen LogP contribution in [0.25, 0.3) is 11.2 Å². The molecule has 0 bridgehead atoms. The first-order valence-corrected chi connectivity index (χ1v) is 5.94. The molecule has 0 aromatic carbocycles. The van der Waals surface area contributed by atoms with Gasteiger partial charge in [0.25, 0.3) is 5.56 Å². The SMILES string of the molecule is Cn1c(=O)c2c(ncn2C2CCNC2)n(C)c1=O. The van der Waals surface area contributed by atoms with Gasteiger partial charge < -0.3 is 9.88 Å². The standard InChI is InChI=1S/C11H15N5O2/c1-14-9-8(10(17)15(2)11(14)18)16(6-13-9)7-3-4-12-5-7/h6-7,12H,3-5H2,1-2H3. The van der Waals surface area contributed by atoms with Gasteiger partial charge in [-0.1, -0.05) is 0 Å². The van der Waals surface area contributed by atoms with Crippen molar-refractivity contribution in [2.75, 3.05) is 13.1 Å². The van der Waals surface area contributed by atoms with Crippen molar-refractivity contribution >= 4 is 11.2 Å². The third-order valence-electron chi connectivity index (χ3n) is 3.60. The molecule has 0 aliphatic carbocycles. The lowest BCUT2D eigenvalue weighted by Crippen LogP contribution is -2.37. The number of hydrogen-bond donors (Lipinski definition) is 1. The zero-order valence-corrected chi connectivity index (χ0v) is 10.4. The van der Waals surface area contributed by atoms with Crippen LogP contribution in [-0.4, -0.2) is 31.8 Å². The van der Waals surface area contributed by atoms with E-state index in [9.17, 15) is 9.59 Å². The van der Waals surface area contributed by atoms with Crippen LogP contribution in [0.2, 0.25) is 0 Å². The van der Waals surface area contributed by atoms with E-state index in [0.717, 1.165) is 24.1 Å². The van der Waals surface area contributed by atoms with E-state index < -0.39 is 0 Å². The number of nitrogens with zero attached hydrogens (tertiary/aromatic N) is 4. The lowest BCUT2D eigenvalue weighted by molar-refractivity contribution is 0.557. The molecular formula is C11H15N5O2. The van der Waals surface area contributed by atoms with Gasteiger partial charge in [0.15, 0.2) is 11.2 Å². The molecule has 1 aliphatic heterocycles. The van der Waals surface area contributed by atoms with Crippen molar-refractivity contribution < 1.29 is 0 Å². The molecule has 0 saturated carbocycles. The fourth-order valence-electron chi connectivity index (χ4n) is 2.52. The Bertz CT molecular complexity index is 717. The molecule has 1 fully saturated rings. The number of hydrogen-bond acceptors (Lipinski definition) is 4. The van der Waals surface area contributed by atoms with Crippen molar-refractivity contribution in [3.63, 3.8) is 0 Å². The van der Waals surface area contributed by atoms with Crippen LogP contribution in [0, 0.1) is 0 Å². The number of rotatable bonds is 1. The highest BCUT2D eigenvalue weighted by Gasteiger charge is 2.22. The highest BCUT2D eigenvalue weighted by Crippen LogP contribution is 2.18. The Morgan fingerprint density at radius 2 is 2.11 bits per heavy atom. The fraction of sp³-hybridized carbons (Fsp3) is 0.545. The summed E-state index contributed by atoms with van der Waals surface area (Å²) in [6, 6.07) is 0.236. The van der Waals surface area contributed by atoms with Crippen molar-refractivity contribution in [1.29, 1.82) is 0 Å². The third-order valence-corrected chi connectivity index (χ3v) is 3.60. The zero-order chi connectivity index (χ0) is 12.9. The smallest absolute Gasteiger partial charge is 0.320 e. The third kappa shape index (κ3) is 1.37. The zero-order valence-electron chi connectivity index (χ0n) is 10.4. The van der Waals surface area contributed by atoms with Gasteiger partial charge in [0.05, 0.1) is 6.33 Å². The van der Waals surface area contributed by atoms with Gasteiger partial charge >= 0.3 is 5.69 Å². The maximum absolute atomic E-state index is 12.2. The molecule has 0 spiro atoms. The maximum atomic E-state index is 12.2. The van der Waals surface area contributed by atoms with E-state index in [1.54, 1.807) is 13.4 Å². The number of fused-ring (bicyclic) bond motifs is 1. The van der Waals surface area contributed by atoms with Crippen molar-refractivity contribution in [3.05, 3.63) is 27.2 Å². The molecule has 2 aromatic heterocycles. The molecule has 0 amide bonds. The van der Waals surface area contributed by atoms with Crippen LogP contribution in [0.1, 0.15) is 12.5 Å². The average molecular weight is 249 g/mol. The highest BCUT2D eigenvalue weighted by atomic mass is 16.2. The molecule has 1 saturated heterocycles. The van der Waals surface area contributed by atoms with E-state index in [2.05, 4.69) is 10.3 Å². The van der Waals surface area contributed by atoms with Gasteiger partial charge in [-0.2, -0.15) is 0 Å². The molecule has 18 heavy (non-hydrogen) atoms. The van der Waals surface area contributed by atoms with Crippen molar-refractivity contribution in [1.82, 2.24) is 24.0 Å². The summed E-state index contributed by atoms with van der Waals surface area (Å²) in [5, 5.41) is 3.26. The Labute approximate surface area is 103 Å². The van der Waals surface area contributed by atoms with E-state index in [4.69, 9.17) is 0 Å². The molecule has 1 atom stereocenters. The predicted molar refractivity (Wildman–Crippen MR) is 66.7 cm³/mol. The Balaban J connectivity index is 2.37. The first-order valence-electron chi connectivity index (χ1n) is 5.94. The van der Waals surface area contributed by atoms with E-state index >= 15 is 0 Å². The summed E-state index contributed by atoms with van der Waals surface area (Å²) >= 11 is 0. The normalized spacial score (nSPS) is 19.8. The second-order valence-corrected chi connectivity index (χ2v) is 4.68. The quantitative estimate of drug-likeness (QED) is 0.701. The topological polar surface area (TPSA) is 73.8 Å². The van der Waals surface area contributed by atoms with Gasteiger partial charge in [-0.25, -0.2) is 9.78 Å².